The highest BCUT2D eigenvalue weighted by molar-refractivity contribution is 5.81. The second kappa shape index (κ2) is 6.74. The Balaban J connectivity index is 2.05. The van der Waals surface area contributed by atoms with Gasteiger partial charge >= 0.3 is 5.97 Å². The first-order chi connectivity index (χ1) is 11.6. The average molecular weight is 323 g/mol. The largest absolute Gasteiger partial charge is 0.465 e. The number of nitrogens with one attached hydrogen (secondary N) is 1. The minimum absolute atomic E-state index is 0.106. The molecule has 3 aromatic rings. The summed E-state index contributed by atoms with van der Waals surface area (Å²) in [4.78, 5) is 16.4. The number of pyridine rings is 1. The number of esters is 1. The predicted molar refractivity (Wildman–Crippen MR) is 95.2 cm³/mol. The SMILES string of the molecule is CCOC(=O)CNc1c(-c2ccc(C)cc2)nc2ccc(C)cn12. The van der Waals surface area contributed by atoms with Gasteiger partial charge in [0.2, 0.25) is 0 Å². The van der Waals surface area contributed by atoms with Crippen LogP contribution in [0.2, 0.25) is 0 Å². The molecule has 0 atom stereocenters. The number of aryl methyl sites for hydroxylation is 2. The number of anilines is 1. The van der Waals surface area contributed by atoms with Crippen LogP contribution in [0.4, 0.5) is 5.82 Å². The Labute approximate surface area is 141 Å². The standard InChI is InChI=1S/C19H21N3O2/c1-4-24-17(23)11-20-19-18(15-8-5-13(2)6-9-15)21-16-10-7-14(3)12-22(16)19/h5-10,12,20H,4,11H2,1-3H3. The van der Waals surface area contributed by atoms with Crippen molar-refractivity contribution in [1.29, 1.82) is 0 Å². The molecule has 0 fully saturated rings. The molecule has 0 saturated heterocycles. The van der Waals surface area contributed by atoms with Gasteiger partial charge in [-0.05, 0) is 32.4 Å². The summed E-state index contributed by atoms with van der Waals surface area (Å²) in [6, 6.07) is 12.2. The summed E-state index contributed by atoms with van der Waals surface area (Å²) >= 11 is 0. The van der Waals surface area contributed by atoms with E-state index < -0.39 is 0 Å². The highest BCUT2D eigenvalue weighted by atomic mass is 16.5. The molecule has 124 valence electrons. The van der Waals surface area contributed by atoms with Crippen LogP contribution in [0.3, 0.4) is 0 Å². The first-order valence-electron chi connectivity index (χ1n) is 8.03. The summed E-state index contributed by atoms with van der Waals surface area (Å²) in [6.45, 7) is 6.36. The molecular weight excluding hydrogens is 302 g/mol. The first kappa shape index (κ1) is 16.1. The summed E-state index contributed by atoms with van der Waals surface area (Å²) in [6.07, 6.45) is 2.01. The number of hydrogen-bond acceptors (Lipinski definition) is 4. The van der Waals surface area contributed by atoms with Crippen molar-refractivity contribution in [3.05, 3.63) is 53.7 Å². The molecular formula is C19H21N3O2. The van der Waals surface area contributed by atoms with Crippen molar-refractivity contribution in [3.8, 4) is 11.3 Å². The van der Waals surface area contributed by atoms with Gasteiger partial charge in [-0.2, -0.15) is 0 Å². The number of rotatable bonds is 5. The van der Waals surface area contributed by atoms with E-state index in [4.69, 9.17) is 9.72 Å². The Kier molecular flexibility index (Phi) is 4.51. The lowest BCUT2D eigenvalue weighted by atomic mass is 10.1. The highest BCUT2D eigenvalue weighted by Gasteiger charge is 2.15. The lowest BCUT2D eigenvalue weighted by Gasteiger charge is -2.09. The summed E-state index contributed by atoms with van der Waals surface area (Å²) in [5, 5.41) is 3.19. The zero-order valence-corrected chi connectivity index (χ0v) is 14.2. The molecule has 2 aromatic heterocycles. The maximum Gasteiger partial charge on any atom is 0.325 e. The van der Waals surface area contributed by atoms with Crippen molar-refractivity contribution in [2.24, 2.45) is 0 Å². The fourth-order valence-corrected chi connectivity index (χ4v) is 2.60. The normalized spacial score (nSPS) is 10.8. The Hall–Kier alpha value is -2.82. The van der Waals surface area contributed by atoms with Crippen LogP contribution in [-0.4, -0.2) is 28.5 Å². The number of hydrogen-bond donors (Lipinski definition) is 1. The van der Waals surface area contributed by atoms with E-state index in [9.17, 15) is 4.79 Å². The summed E-state index contributed by atoms with van der Waals surface area (Å²) in [5.41, 5.74) is 4.98. The fourth-order valence-electron chi connectivity index (χ4n) is 2.60. The fraction of sp³-hybridized carbons (Fsp3) is 0.263. The number of nitrogens with zero attached hydrogens (tertiary/aromatic N) is 2. The molecule has 1 N–H and O–H groups in total. The molecule has 5 nitrogen and oxygen atoms in total. The summed E-state index contributed by atoms with van der Waals surface area (Å²) in [5.74, 6) is 0.514. The molecule has 0 aliphatic carbocycles. The maximum atomic E-state index is 11.7. The van der Waals surface area contributed by atoms with Crippen LogP contribution in [0.1, 0.15) is 18.1 Å². The average Bonchev–Trinajstić information content (AvgIpc) is 2.91. The van der Waals surface area contributed by atoms with Crippen LogP contribution in [-0.2, 0) is 9.53 Å². The molecule has 0 bridgehead atoms. The van der Waals surface area contributed by atoms with Crippen molar-refractivity contribution in [2.75, 3.05) is 18.5 Å². The lowest BCUT2D eigenvalue weighted by Crippen LogP contribution is -2.17. The van der Waals surface area contributed by atoms with Gasteiger partial charge in [0, 0.05) is 11.8 Å². The number of carbonyl (C=O) groups is 1. The molecule has 0 radical (unpaired) electrons. The lowest BCUT2D eigenvalue weighted by molar-refractivity contribution is -0.140. The van der Waals surface area contributed by atoms with Crippen LogP contribution >= 0.6 is 0 Å². The van der Waals surface area contributed by atoms with E-state index in [2.05, 4.69) is 24.4 Å². The number of aromatic nitrogens is 2. The van der Waals surface area contributed by atoms with Gasteiger partial charge in [-0.25, -0.2) is 4.98 Å². The van der Waals surface area contributed by atoms with Crippen molar-refractivity contribution in [2.45, 2.75) is 20.8 Å². The van der Waals surface area contributed by atoms with Crippen molar-refractivity contribution >= 4 is 17.4 Å². The molecule has 0 aliphatic heterocycles. The summed E-state index contributed by atoms with van der Waals surface area (Å²) < 4.78 is 6.98. The third kappa shape index (κ3) is 3.25. The first-order valence-corrected chi connectivity index (χ1v) is 8.03. The number of ether oxygens (including phenoxy) is 1. The van der Waals surface area contributed by atoms with E-state index in [1.807, 2.05) is 41.8 Å². The van der Waals surface area contributed by atoms with E-state index in [0.29, 0.717) is 6.61 Å². The predicted octanol–water partition coefficient (Wildman–Crippen LogP) is 3.59. The van der Waals surface area contributed by atoms with Gasteiger partial charge in [-0.1, -0.05) is 35.9 Å². The van der Waals surface area contributed by atoms with Crippen LogP contribution in [0.5, 0.6) is 0 Å². The van der Waals surface area contributed by atoms with E-state index in [1.54, 1.807) is 6.92 Å². The smallest absolute Gasteiger partial charge is 0.325 e. The minimum Gasteiger partial charge on any atom is -0.465 e. The van der Waals surface area contributed by atoms with Gasteiger partial charge in [-0.15, -0.1) is 0 Å². The Bertz CT molecular complexity index is 866. The van der Waals surface area contributed by atoms with Gasteiger partial charge in [0.25, 0.3) is 0 Å². The number of carbonyl (C=O) groups excluding carboxylic acids is 1. The van der Waals surface area contributed by atoms with E-state index >= 15 is 0 Å². The van der Waals surface area contributed by atoms with Gasteiger partial charge in [0.05, 0.1) is 6.61 Å². The molecule has 5 heteroatoms. The Morgan fingerprint density at radius 1 is 1.12 bits per heavy atom. The van der Waals surface area contributed by atoms with Crippen molar-refractivity contribution in [3.63, 3.8) is 0 Å². The zero-order chi connectivity index (χ0) is 17.1. The van der Waals surface area contributed by atoms with Gasteiger partial charge < -0.3 is 10.1 Å². The second-order valence-electron chi connectivity index (χ2n) is 5.77. The van der Waals surface area contributed by atoms with Crippen LogP contribution in [0.25, 0.3) is 16.9 Å². The molecule has 0 amide bonds. The van der Waals surface area contributed by atoms with Crippen LogP contribution in [0.15, 0.2) is 42.6 Å². The van der Waals surface area contributed by atoms with Gasteiger partial charge in [-0.3, -0.25) is 9.20 Å². The number of imidazole rings is 1. The molecule has 3 rings (SSSR count). The molecule has 0 saturated carbocycles. The molecule has 0 spiro atoms. The van der Waals surface area contributed by atoms with E-state index in [0.717, 1.165) is 28.3 Å². The summed E-state index contributed by atoms with van der Waals surface area (Å²) in [7, 11) is 0. The third-order valence-corrected chi connectivity index (χ3v) is 3.80. The van der Waals surface area contributed by atoms with Gasteiger partial charge in [0.15, 0.2) is 0 Å². The second-order valence-corrected chi connectivity index (χ2v) is 5.77. The van der Waals surface area contributed by atoms with Crippen molar-refractivity contribution in [1.82, 2.24) is 9.38 Å². The number of benzene rings is 1. The van der Waals surface area contributed by atoms with Crippen LogP contribution in [0, 0.1) is 13.8 Å². The highest BCUT2D eigenvalue weighted by Crippen LogP contribution is 2.29. The van der Waals surface area contributed by atoms with E-state index in [-0.39, 0.29) is 12.5 Å². The molecule has 2 heterocycles. The minimum atomic E-state index is -0.282. The zero-order valence-electron chi connectivity index (χ0n) is 14.2. The Morgan fingerprint density at radius 3 is 2.54 bits per heavy atom. The number of fused-ring (bicyclic) bond motifs is 1. The molecule has 24 heavy (non-hydrogen) atoms. The van der Waals surface area contributed by atoms with Crippen LogP contribution < -0.4 is 5.32 Å². The molecule has 0 unspecified atom stereocenters. The molecule has 0 aliphatic rings. The monoisotopic (exact) mass is 323 g/mol. The Morgan fingerprint density at radius 2 is 1.83 bits per heavy atom. The van der Waals surface area contributed by atoms with Crippen molar-refractivity contribution < 1.29 is 9.53 Å². The third-order valence-electron chi connectivity index (χ3n) is 3.80. The van der Waals surface area contributed by atoms with E-state index in [1.165, 1.54) is 5.56 Å². The molecule has 1 aromatic carbocycles. The topological polar surface area (TPSA) is 55.6 Å². The van der Waals surface area contributed by atoms with Gasteiger partial charge in [0.1, 0.15) is 23.7 Å². The maximum absolute atomic E-state index is 11.7. The quantitative estimate of drug-likeness (QED) is 0.729.